The lowest BCUT2D eigenvalue weighted by Crippen LogP contribution is -2.41. The van der Waals surface area contributed by atoms with Crippen LogP contribution in [0.4, 0.5) is 4.79 Å². The lowest BCUT2D eigenvalue weighted by molar-refractivity contribution is -0.128. The van der Waals surface area contributed by atoms with Crippen LogP contribution in [0.1, 0.15) is 18.4 Å². The van der Waals surface area contributed by atoms with Gasteiger partial charge >= 0.3 is 6.03 Å². The van der Waals surface area contributed by atoms with E-state index in [4.69, 9.17) is 4.74 Å². The number of morpholine rings is 1. The van der Waals surface area contributed by atoms with E-state index >= 15 is 0 Å². The number of urea groups is 1. The van der Waals surface area contributed by atoms with E-state index in [9.17, 15) is 14.4 Å². The summed E-state index contributed by atoms with van der Waals surface area (Å²) in [5, 5.41) is 5.54. The Morgan fingerprint density at radius 3 is 2.67 bits per heavy atom. The first-order chi connectivity index (χ1) is 13.1. The van der Waals surface area contributed by atoms with E-state index in [1.807, 2.05) is 30.3 Å². The Kier molecular flexibility index (Phi) is 6.78. The number of hydrogen-bond acceptors (Lipinski definition) is 5. The SMILES string of the molecule is O=C(CC[C@@H]1NC(=O)N(Cc2ccccc2)C1=O)NCCN1CCOCC1. The number of rotatable bonds is 8. The third kappa shape index (κ3) is 5.51. The van der Waals surface area contributed by atoms with Gasteiger partial charge in [-0.15, -0.1) is 0 Å². The molecule has 0 spiro atoms. The van der Waals surface area contributed by atoms with Crippen molar-refractivity contribution < 1.29 is 19.1 Å². The van der Waals surface area contributed by atoms with Gasteiger partial charge in [-0.2, -0.15) is 0 Å². The largest absolute Gasteiger partial charge is 0.379 e. The normalized spacial score (nSPS) is 20.6. The van der Waals surface area contributed by atoms with Crippen molar-refractivity contribution in [1.29, 1.82) is 0 Å². The molecular formula is C19H26N4O4. The summed E-state index contributed by atoms with van der Waals surface area (Å²) in [5.74, 6) is -0.378. The van der Waals surface area contributed by atoms with Crippen molar-refractivity contribution in [3.8, 4) is 0 Å². The fraction of sp³-hybridized carbons (Fsp3) is 0.526. The number of nitrogens with one attached hydrogen (secondary N) is 2. The molecule has 0 aliphatic carbocycles. The van der Waals surface area contributed by atoms with Crippen molar-refractivity contribution in [3.05, 3.63) is 35.9 Å². The number of nitrogens with zero attached hydrogens (tertiary/aromatic N) is 2. The molecule has 3 rings (SSSR count). The van der Waals surface area contributed by atoms with Gasteiger partial charge in [0, 0.05) is 32.6 Å². The molecule has 2 heterocycles. The standard InChI is InChI=1S/C19H26N4O4/c24-17(20-8-9-22-10-12-27-13-11-22)7-6-16-18(25)23(19(26)21-16)14-15-4-2-1-3-5-15/h1-5,16H,6-14H2,(H,20,24)(H,21,26)/t16-/m0/s1. The van der Waals surface area contributed by atoms with Crippen LogP contribution in [0.15, 0.2) is 30.3 Å². The molecule has 1 aromatic rings. The quantitative estimate of drug-likeness (QED) is 0.640. The van der Waals surface area contributed by atoms with E-state index in [0.717, 1.165) is 38.4 Å². The number of ether oxygens (including phenoxy) is 1. The lowest BCUT2D eigenvalue weighted by atomic mass is 10.1. The molecule has 27 heavy (non-hydrogen) atoms. The zero-order valence-electron chi connectivity index (χ0n) is 15.4. The molecule has 0 aromatic heterocycles. The van der Waals surface area contributed by atoms with Gasteiger partial charge in [0.2, 0.25) is 5.91 Å². The molecule has 8 heteroatoms. The first-order valence-electron chi connectivity index (χ1n) is 9.36. The van der Waals surface area contributed by atoms with E-state index in [0.29, 0.717) is 13.0 Å². The molecule has 2 aliphatic heterocycles. The van der Waals surface area contributed by atoms with Gasteiger partial charge in [-0.3, -0.25) is 19.4 Å². The summed E-state index contributed by atoms with van der Waals surface area (Å²) in [6.07, 6.45) is 0.512. The summed E-state index contributed by atoms with van der Waals surface area (Å²) in [7, 11) is 0. The van der Waals surface area contributed by atoms with Gasteiger partial charge in [0.1, 0.15) is 6.04 Å². The summed E-state index contributed by atoms with van der Waals surface area (Å²) in [6, 6.07) is 8.33. The molecule has 0 saturated carbocycles. The van der Waals surface area contributed by atoms with Crippen LogP contribution in [0.5, 0.6) is 0 Å². The number of carbonyl (C=O) groups is 3. The lowest BCUT2D eigenvalue weighted by Gasteiger charge is -2.26. The zero-order valence-corrected chi connectivity index (χ0v) is 15.4. The van der Waals surface area contributed by atoms with Crippen LogP contribution in [0, 0.1) is 0 Å². The average molecular weight is 374 g/mol. The van der Waals surface area contributed by atoms with E-state index in [-0.39, 0.29) is 24.8 Å². The summed E-state index contributed by atoms with van der Waals surface area (Å²) in [6.45, 7) is 4.84. The van der Waals surface area contributed by atoms with Gasteiger partial charge in [0.25, 0.3) is 5.91 Å². The van der Waals surface area contributed by atoms with Crippen LogP contribution in [0.2, 0.25) is 0 Å². The summed E-state index contributed by atoms with van der Waals surface area (Å²) >= 11 is 0. The Bertz CT molecular complexity index is 661. The van der Waals surface area contributed by atoms with E-state index in [1.54, 1.807) is 0 Å². The smallest absolute Gasteiger partial charge is 0.325 e. The third-order valence-electron chi connectivity index (χ3n) is 4.80. The van der Waals surface area contributed by atoms with Crippen molar-refractivity contribution >= 4 is 17.8 Å². The van der Waals surface area contributed by atoms with Crippen LogP contribution < -0.4 is 10.6 Å². The van der Waals surface area contributed by atoms with Crippen molar-refractivity contribution in [2.45, 2.75) is 25.4 Å². The average Bonchev–Trinajstić information content (AvgIpc) is 2.95. The molecule has 4 amide bonds. The highest BCUT2D eigenvalue weighted by molar-refractivity contribution is 6.04. The Labute approximate surface area is 158 Å². The second-order valence-electron chi connectivity index (χ2n) is 6.75. The predicted molar refractivity (Wildman–Crippen MR) is 98.8 cm³/mol. The number of carbonyl (C=O) groups excluding carboxylic acids is 3. The first kappa shape index (κ1) is 19.3. The van der Waals surface area contributed by atoms with Crippen LogP contribution in [-0.2, 0) is 20.9 Å². The van der Waals surface area contributed by atoms with Crippen LogP contribution in [-0.4, -0.2) is 73.1 Å². The van der Waals surface area contributed by atoms with E-state index in [1.165, 1.54) is 4.90 Å². The fourth-order valence-corrected chi connectivity index (χ4v) is 3.23. The number of benzene rings is 1. The summed E-state index contributed by atoms with van der Waals surface area (Å²) < 4.78 is 5.29. The van der Waals surface area contributed by atoms with Crippen LogP contribution >= 0.6 is 0 Å². The molecule has 0 unspecified atom stereocenters. The number of imide groups is 1. The highest BCUT2D eigenvalue weighted by Crippen LogP contribution is 2.15. The van der Waals surface area contributed by atoms with Gasteiger partial charge in [-0.1, -0.05) is 30.3 Å². The highest BCUT2D eigenvalue weighted by Gasteiger charge is 2.37. The van der Waals surface area contributed by atoms with Crippen LogP contribution in [0.3, 0.4) is 0 Å². The molecule has 2 saturated heterocycles. The maximum Gasteiger partial charge on any atom is 0.325 e. The minimum Gasteiger partial charge on any atom is -0.379 e. The topological polar surface area (TPSA) is 91.0 Å². The molecule has 0 radical (unpaired) electrons. The molecule has 0 bridgehead atoms. The second-order valence-corrected chi connectivity index (χ2v) is 6.75. The highest BCUT2D eigenvalue weighted by atomic mass is 16.5. The Morgan fingerprint density at radius 1 is 1.19 bits per heavy atom. The van der Waals surface area contributed by atoms with Gasteiger partial charge in [-0.25, -0.2) is 4.79 Å². The molecule has 1 aromatic carbocycles. The number of amides is 4. The second kappa shape index (κ2) is 9.48. The molecule has 2 aliphatic rings. The molecule has 2 fully saturated rings. The molecule has 146 valence electrons. The predicted octanol–water partition coefficient (Wildman–Crippen LogP) is 0.336. The Morgan fingerprint density at radius 2 is 1.93 bits per heavy atom. The Balaban J connectivity index is 1.38. The van der Waals surface area contributed by atoms with Crippen LogP contribution in [0.25, 0.3) is 0 Å². The van der Waals surface area contributed by atoms with Gasteiger partial charge in [0.15, 0.2) is 0 Å². The van der Waals surface area contributed by atoms with Gasteiger partial charge in [-0.05, 0) is 12.0 Å². The van der Waals surface area contributed by atoms with Crippen molar-refractivity contribution in [3.63, 3.8) is 0 Å². The first-order valence-corrected chi connectivity index (χ1v) is 9.36. The summed E-state index contributed by atoms with van der Waals surface area (Å²) in [5.41, 5.74) is 0.891. The summed E-state index contributed by atoms with van der Waals surface area (Å²) in [4.78, 5) is 40.0. The molecule has 8 nitrogen and oxygen atoms in total. The van der Waals surface area contributed by atoms with Gasteiger partial charge in [0.05, 0.1) is 19.8 Å². The van der Waals surface area contributed by atoms with Crippen molar-refractivity contribution in [2.75, 3.05) is 39.4 Å². The maximum atomic E-state index is 12.4. The molecule has 1 atom stereocenters. The third-order valence-corrected chi connectivity index (χ3v) is 4.80. The minimum atomic E-state index is -0.633. The van der Waals surface area contributed by atoms with E-state index in [2.05, 4.69) is 15.5 Å². The fourth-order valence-electron chi connectivity index (χ4n) is 3.23. The van der Waals surface area contributed by atoms with E-state index < -0.39 is 12.1 Å². The minimum absolute atomic E-state index is 0.105. The monoisotopic (exact) mass is 374 g/mol. The van der Waals surface area contributed by atoms with Crippen molar-refractivity contribution in [1.82, 2.24) is 20.4 Å². The Hall–Kier alpha value is -2.45. The maximum absolute atomic E-state index is 12.4. The molecule has 2 N–H and O–H groups in total. The zero-order chi connectivity index (χ0) is 19.1. The molecular weight excluding hydrogens is 348 g/mol. The number of hydrogen-bond donors (Lipinski definition) is 2. The van der Waals surface area contributed by atoms with Crippen molar-refractivity contribution in [2.24, 2.45) is 0 Å². The van der Waals surface area contributed by atoms with Gasteiger partial charge < -0.3 is 15.4 Å².